The van der Waals surface area contributed by atoms with Gasteiger partial charge in [0.15, 0.2) is 16.8 Å². The maximum absolute atomic E-state index is 10.2. The molecule has 6 rings (SSSR count). The van der Waals surface area contributed by atoms with Crippen LogP contribution in [0.25, 0.3) is 32.8 Å². The first-order valence-corrected chi connectivity index (χ1v) is 13.6. The van der Waals surface area contributed by atoms with E-state index in [2.05, 4.69) is 14.9 Å². The molecule has 2 aromatic heterocycles. The van der Waals surface area contributed by atoms with Crippen LogP contribution in [0.15, 0.2) is 90.3 Å². The summed E-state index contributed by atoms with van der Waals surface area (Å²) in [6, 6.07) is 23.1. The number of nitrogens with zero attached hydrogens (tertiary/aromatic N) is 6. The normalized spacial score (nSPS) is 21.8. The van der Waals surface area contributed by atoms with E-state index in [1.54, 1.807) is 59.4 Å². The van der Waals surface area contributed by atoms with Gasteiger partial charge in [-0.1, -0.05) is 42.5 Å². The SMILES string of the molecule is [C-]#[N+]c1ccc(-n2nc(-c3ccccc3)c3c(=N)n(/N=C\c4ccc(OC5OC(CO)C(O)C(O)C5O)cc4)cnc32)cc1. The average molecular weight is 594 g/mol. The van der Waals surface area contributed by atoms with Gasteiger partial charge in [0.25, 0.3) is 0 Å². The van der Waals surface area contributed by atoms with Gasteiger partial charge in [-0.2, -0.15) is 10.2 Å². The highest BCUT2D eigenvalue weighted by atomic mass is 16.7. The van der Waals surface area contributed by atoms with Gasteiger partial charge in [0.2, 0.25) is 6.29 Å². The quantitative estimate of drug-likeness (QED) is 0.141. The van der Waals surface area contributed by atoms with Crippen molar-refractivity contribution in [1.82, 2.24) is 19.4 Å². The van der Waals surface area contributed by atoms with E-state index in [0.29, 0.717) is 39.4 Å². The Kier molecular flexibility index (Phi) is 7.99. The van der Waals surface area contributed by atoms with Gasteiger partial charge >= 0.3 is 0 Å². The molecule has 0 bridgehead atoms. The van der Waals surface area contributed by atoms with Crippen molar-refractivity contribution < 1.29 is 29.9 Å². The van der Waals surface area contributed by atoms with Crippen LogP contribution < -0.4 is 10.2 Å². The summed E-state index contributed by atoms with van der Waals surface area (Å²) >= 11 is 0. The van der Waals surface area contributed by atoms with Crippen molar-refractivity contribution in [3.8, 4) is 22.7 Å². The van der Waals surface area contributed by atoms with Gasteiger partial charge in [0, 0.05) is 5.56 Å². The van der Waals surface area contributed by atoms with Crippen molar-refractivity contribution in [3.05, 3.63) is 108 Å². The maximum atomic E-state index is 10.2. The molecule has 3 aromatic carbocycles. The zero-order chi connectivity index (χ0) is 30.8. The van der Waals surface area contributed by atoms with Crippen LogP contribution in [-0.4, -0.2) is 83.4 Å². The summed E-state index contributed by atoms with van der Waals surface area (Å²) in [6.45, 7) is 6.67. The molecular formula is C31H27N7O6. The minimum absolute atomic E-state index is 0.0664. The van der Waals surface area contributed by atoms with Crippen molar-refractivity contribution in [1.29, 1.82) is 5.41 Å². The van der Waals surface area contributed by atoms with E-state index in [0.717, 1.165) is 5.56 Å². The average Bonchev–Trinajstić information content (AvgIpc) is 3.46. The number of aliphatic hydroxyl groups excluding tert-OH is 4. The number of ether oxygens (including phenoxy) is 2. The highest BCUT2D eigenvalue weighted by Crippen LogP contribution is 2.28. The first kappa shape index (κ1) is 28.9. The molecule has 44 heavy (non-hydrogen) atoms. The molecule has 0 amide bonds. The van der Waals surface area contributed by atoms with Crippen LogP contribution in [0, 0.1) is 12.0 Å². The van der Waals surface area contributed by atoms with E-state index in [1.807, 2.05) is 30.3 Å². The Morgan fingerprint density at radius 2 is 1.70 bits per heavy atom. The molecule has 5 N–H and O–H groups in total. The molecular weight excluding hydrogens is 566 g/mol. The first-order chi connectivity index (χ1) is 21.4. The van der Waals surface area contributed by atoms with E-state index in [9.17, 15) is 20.4 Å². The number of rotatable bonds is 7. The van der Waals surface area contributed by atoms with Gasteiger partial charge < -0.3 is 29.9 Å². The number of hydrogen-bond acceptors (Lipinski definition) is 10. The Hall–Kier alpha value is -5.23. The fourth-order valence-corrected chi connectivity index (χ4v) is 4.82. The van der Waals surface area contributed by atoms with E-state index >= 15 is 0 Å². The van der Waals surface area contributed by atoms with Gasteiger partial charge in [-0.25, -0.2) is 19.2 Å². The fourth-order valence-electron chi connectivity index (χ4n) is 4.82. The lowest BCUT2D eigenvalue weighted by atomic mass is 9.99. The zero-order valence-electron chi connectivity index (χ0n) is 23.0. The van der Waals surface area contributed by atoms with Crippen molar-refractivity contribution in [3.63, 3.8) is 0 Å². The minimum Gasteiger partial charge on any atom is -0.462 e. The predicted molar refractivity (Wildman–Crippen MR) is 158 cm³/mol. The van der Waals surface area contributed by atoms with E-state index in [4.69, 9.17) is 26.6 Å². The number of aliphatic hydroxyl groups is 4. The smallest absolute Gasteiger partial charge is 0.229 e. The van der Waals surface area contributed by atoms with Crippen molar-refractivity contribution >= 4 is 22.9 Å². The summed E-state index contributed by atoms with van der Waals surface area (Å²) in [4.78, 5) is 8.03. The van der Waals surface area contributed by atoms with Crippen molar-refractivity contribution in [2.45, 2.75) is 30.7 Å². The molecule has 5 aromatic rings. The Morgan fingerprint density at radius 1 is 0.977 bits per heavy atom. The monoisotopic (exact) mass is 593 g/mol. The Morgan fingerprint density at radius 3 is 2.39 bits per heavy atom. The second-order valence-corrected chi connectivity index (χ2v) is 10.0. The highest BCUT2D eigenvalue weighted by Gasteiger charge is 2.44. The van der Waals surface area contributed by atoms with Crippen molar-refractivity contribution in [2.75, 3.05) is 6.61 Å². The molecule has 0 aliphatic carbocycles. The Labute approximate surface area is 250 Å². The van der Waals surface area contributed by atoms with Gasteiger partial charge in [0.05, 0.1) is 30.5 Å². The van der Waals surface area contributed by atoms with E-state index in [-0.39, 0.29) is 5.49 Å². The molecule has 1 aliphatic heterocycles. The molecule has 222 valence electrons. The Balaban J connectivity index is 1.28. The lowest BCUT2D eigenvalue weighted by molar-refractivity contribution is -0.277. The third kappa shape index (κ3) is 5.47. The lowest BCUT2D eigenvalue weighted by Crippen LogP contribution is -2.60. The molecule has 0 radical (unpaired) electrons. The molecule has 13 heteroatoms. The highest BCUT2D eigenvalue weighted by molar-refractivity contribution is 5.91. The van der Waals surface area contributed by atoms with Crippen molar-refractivity contribution in [2.24, 2.45) is 5.10 Å². The molecule has 5 atom stereocenters. The van der Waals surface area contributed by atoms with Crippen LogP contribution >= 0.6 is 0 Å². The molecule has 5 unspecified atom stereocenters. The standard InChI is InChI=1S/C31H27N7O6/c1-33-20-9-11-21(12-10-20)38-30-24(25(36-38)19-5-3-2-4-6-19)29(32)37(17-34-30)35-15-18-7-13-22(14-8-18)43-31-28(42)27(41)26(40)23(16-39)44-31/h2-15,17,23,26-28,31-32,39-42H,16H2/b32-29?,35-15-. The first-order valence-electron chi connectivity index (χ1n) is 13.6. The number of nitrogens with one attached hydrogen (secondary N) is 1. The molecule has 13 nitrogen and oxygen atoms in total. The third-order valence-electron chi connectivity index (χ3n) is 7.20. The summed E-state index contributed by atoms with van der Waals surface area (Å²) in [5.41, 5.74) is 3.76. The zero-order valence-corrected chi connectivity index (χ0v) is 23.0. The van der Waals surface area contributed by atoms with E-state index in [1.165, 1.54) is 11.0 Å². The maximum Gasteiger partial charge on any atom is 0.229 e. The number of benzene rings is 3. The number of hydrogen-bond donors (Lipinski definition) is 5. The van der Waals surface area contributed by atoms with Crippen LogP contribution in [0.4, 0.5) is 5.69 Å². The summed E-state index contributed by atoms with van der Waals surface area (Å²) in [6.07, 6.45) is -3.94. The molecule has 1 fully saturated rings. The topological polar surface area (TPSA) is 176 Å². The van der Waals surface area contributed by atoms with Gasteiger partial charge in [-0.15, -0.1) is 0 Å². The number of aromatic nitrogens is 4. The second kappa shape index (κ2) is 12.2. The van der Waals surface area contributed by atoms with E-state index < -0.39 is 37.3 Å². The fraction of sp³-hybridized carbons (Fsp3) is 0.194. The summed E-state index contributed by atoms with van der Waals surface area (Å²) < 4.78 is 14.0. The molecule has 1 aliphatic rings. The van der Waals surface area contributed by atoms with Gasteiger partial charge in [-0.05, 0) is 42.0 Å². The third-order valence-corrected chi connectivity index (χ3v) is 7.20. The van der Waals surface area contributed by atoms with Gasteiger partial charge in [0.1, 0.15) is 42.2 Å². The lowest BCUT2D eigenvalue weighted by Gasteiger charge is -2.39. The second-order valence-electron chi connectivity index (χ2n) is 10.0. The Bertz CT molecular complexity index is 1900. The van der Waals surface area contributed by atoms with Crippen LogP contribution in [-0.2, 0) is 4.74 Å². The molecule has 3 heterocycles. The summed E-state index contributed by atoms with van der Waals surface area (Å²) in [5, 5.41) is 58.3. The summed E-state index contributed by atoms with van der Waals surface area (Å²) in [5.74, 6) is 0.313. The van der Waals surface area contributed by atoms with Crippen LogP contribution in [0.3, 0.4) is 0 Å². The van der Waals surface area contributed by atoms with Gasteiger partial charge in [-0.3, -0.25) is 5.41 Å². The molecule has 0 saturated carbocycles. The molecule has 0 spiro atoms. The van der Waals surface area contributed by atoms with Crippen LogP contribution in [0.1, 0.15) is 5.56 Å². The van der Waals surface area contributed by atoms with Crippen LogP contribution in [0.5, 0.6) is 5.75 Å². The molecule has 1 saturated heterocycles. The summed E-state index contributed by atoms with van der Waals surface area (Å²) in [7, 11) is 0. The largest absolute Gasteiger partial charge is 0.462 e. The van der Waals surface area contributed by atoms with Crippen LogP contribution in [0.2, 0.25) is 0 Å². The predicted octanol–water partition coefficient (Wildman–Crippen LogP) is 1.98. The minimum atomic E-state index is -1.54. The number of fused-ring (bicyclic) bond motifs is 1.